The molecule has 2 aromatic rings. The first kappa shape index (κ1) is 17.3. The molecule has 0 radical (unpaired) electrons. The lowest BCUT2D eigenvalue weighted by Gasteiger charge is -2.23. The zero-order chi connectivity index (χ0) is 16.8. The summed E-state index contributed by atoms with van der Waals surface area (Å²) >= 11 is 0. The Bertz CT molecular complexity index is 676. The lowest BCUT2D eigenvalue weighted by atomic mass is 10.00. The van der Waals surface area contributed by atoms with Crippen LogP contribution in [-0.4, -0.2) is 4.57 Å². The fraction of sp³-hybridized carbons (Fsp3) is 0.450. The first-order valence-corrected chi connectivity index (χ1v) is 8.41. The van der Waals surface area contributed by atoms with Crippen LogP contribution in [0, 0.1) is 12.8 Å². The number of nitrogens with zero attached hydrogens (tertiary/aromatic N) is 1. The number of rotatable bonds is 7. The molecule has 0 aliphatic carbocycles. The number of hydrogen-bond donors (Lipinski definition) is 0. The highest BCUT2D eigenvalue weighted by Crippen LogP contribution is 2.23. The van der Waals surface area contributed by atoms with Crippen molar-refractivity contribution in [2.75, 3.05) is 0 Å². The Balaban J connectivity index is 2.19. The molecule has 1 aromatic carbocycles. The van der Waals surface area contributed by atoms with Gasteiger partial charge in [-0.3, -0.25) is 4.79 Å². The van der Waals surface area contributed by atoms with Gasteiger partial charge in [-0.25, -0.2) is 0 Å². The van der Waals surface area contributed by atoms with Crippen molar-refractivity contribution in [1.82, 2.24) is 4.57 Å². The maximum atomic E-state index is 12.2. The molecule has 2 rings (SSSR count). The standard InChI is InChI=1S/C20H27NO2/c1-5-15(2)13-16(3)21-12-11-19(22)20(17(21)4)23-14-18-9-7-6-8-10-18/h6-12,15-16H,5,13-14H2,1-4H3. The van der Waals surface area contributed by atoms with E-state index in [9.17, 15) is 4.79 Å². The Morgan fingerprint density at radius 1 is 1.13 bits per heavy atom. The number of benzene rings is 1. The van der Waals surface area contributed by atoms with E-state index in [1.165, 1.54) is 6.42 Å². The quantitative estimate of drug-likeness (QED) is 0.739. The summed E-state index contributed by atoms with van der Waals surface area (Å²) in [6.07, 6.45) is 4.15. The molecule has 0 saturated heterocycles. The Kier molecular flexibility index (Phi) is 6.03. The molecule has 1 heterocycles. The van der Waals surface area contributed by atoms with E-state index in [-0.39, 0.29) is 5.43 Å². The van der Waals surface area contributed by atoms with Gasteiger partial charge in [0.05, 0.1) is 5.69 Å². The van der Waals surface area contributed by atoms with Crippen LogP contribution in [0.5, 0.6) is 5.75 Å². The molecule has 3 heteroatoms. The largest absolute Gasteiger partial charge is 0.483 e. The van der Waals surface area contributed by atoms with Crippen molar-refractivity contribution in [3.63, 3.8) is 0 Å². The topological polar surface area (TPSA) is 31.2 Å². The fourth-order valence-electron chi connectivity index (χ4n) is 2.88. The van der Waals surface area contributed by atoms with Crippen LogP contribution in [0.4, 0.5) is 0 Å². The van der Waals surface area contributed by atoms with Gasteiger partial charge in [0.2, 0.25) is 5.43 Å². The van der Waals surface area contributed by atoms with Crippen LogP contribution >= 0.6 is 0 Å². The summed E-state index contributed by atoms with van der Waals surface area (Å²) in [4.78, 5) is 12.2. The SMILES string of the molecule is CCC(C)CC(C)n1ccc(=O)c(OCc2ccccc2)c1C. The van der Waals surface area contributed by atoms with Gasteiger partial charge in [-0.05, 0) is 31.7 Å². The van der Waals surface area contributed by atoms with Crippen LogP contribution in [0.15, 0.2) is 47.4 Å². The van der Waals surface area contributed by atoms with Gasteiger partial charge in [-0.2, -0.15) is 0 Å². The van der Waals surface area contributed by atoms with Crippen molar-refractivity contribution in [2.45, 2.75) is 53.2 Å². The third kappa shape index (κ3) is 4.47. The van der Waals surface area contributed by atoms with Gasteiger partial charge in [0, 0.05) is 18.3 Å². The Labute approximate surface area is 138 Å². The molecule has 0 saturated carbocycles. The van der Waals surface area contributed by atoms with Crippen LogP contribution in [-0.2, 0) is 6.61 Å². The molecule has 0 aliphatic rings. The van der Waals surface area contributed by atoms with E-state index in [4.69, 9.17) is 4.74 Å². The van der Waals surface area contributed by atoms with Crippen molar-refractivity contribution in [3.05, 3.63) is 64.1 Å². The molecular formula is C20H27NO2. The highest BCUT2D eigenvalue weighted by molar-refractivity contribution is 5.28. The van der Waals surface area contributed by atoms with E-state index in [0.29, 0.717) is 24.3 Å². The van der Waals surface area contributed by atoms with Crippen molar-refractivity contribution in [1.29, 1.82) is 0 Å². The van der Waals surface area contributed by atoms with Crippen molar-refractivity contribution >= 4 is 0 Å². The molecule has 124 valence electrons. The summed E-state index contributed by atoms with van der Waals surface area (Å²) in [7, 11) is 0. The Morgan fingerprint density at radius 2 is 1.83 bits per heavy atom. The normalized spacial score (nSPS) is 13.6. The lowest BCUT2D eigenvalue weighted by molar-refractivity contribution is 0.293. The molecule has 2 atom stereocenters. The molecule has 1 aromatic heterocycles. The third-order valence-electron chi connectivity index (χ3n) is 4.47. The second-order valence-corrected chi connectivity index (χ2v) is 6.37. The minimum Gasteiger partial charge on any atom is -0.483 e. The van der Waals surface area contributed by atoms with E-state index in [1.54, 1.807) is 6.07 Å². The smallest absolute Gasteiger partial charge is 0.223 e. The number of hydrogen-bond acceptors (Lipinski definition) is 2. The molecule has 3 nitrogen and oxygen atoms in total. The van der Waals surface area contributed by atoms with Crippen molar-refractivity contribution in [3.8, 4) is 5.75 Å². The van der Waals surface area contributed by atoms with Gasteiger partial charge in [-0.15, -0.1) is 0 Å². The number of pyridine rings is 1. The average Bonchev–Trinajstić information content (AvgIpc) is 2.55. The molecule has 0 N–H and O–H groups in total. The highest BCUT2D eigenvalue weighted by Gasteiger charge is 2.14. The second kappa shape index (κ2) is 8.00. The molecule has 2 unspecified atom stereocenters. The lowest BCUT2D eigenvalue weighted by Crippen LogP contribution is -2.18. The van der Waals surface area contributed by atoms with Crippen LogP contribution in [0.2, 0.25) is 0 Å². The minimum absolute atomic E-state index is 0.0505. The Hall–Kier alpha value is -2.03. The molecule has 0 bridgehead atoms. The maximum absolute atomic E-state index is 12.2. The fourth-order valence-corrected chi connectivity index (χ4v) is 2.88. The molecule has 0 amide bonds. The van der Waals surface area contributed by atoms with E-state index in [1.807, 2.05) is 43.5 Å². The number of aromatic nitrogens is 1. The average molecular weight is 313 g/mol. The van der Waals surface area contributed by atoms with E-state index < -0.39 is 0 Å². The first-order valence-electron chi connectivity index (χ1n) is 8.41. The van der Waals surface area contributed by atoms with Crippen molar-refractivity contribution in [2.24, 2.45) is 5.92 Å². The zero-order valence-electron chi connectivity index (χ0n) is 14.6. The van der Waals surface area contributed by atoms with Gasteiger partial charge in [0.1, 0.15) is 6.61 Å². The van der Waals surface area contributed by atoms with Crippen LogP contribution < -0.4 is 10.2 Å². The third-order valence-corrected chi connectivity index (χ3v) is 4.47. The molecule has 0 aliphatic heterocycles. The maximum Gasteiger partial charge on any atom is 0.223 e. The summed E-state index contributed by atoms with van der Waals surface area (Å²) in [5.41, 5.74) is 1.92. The summed E-state index contributed by atoms with van der Waals surface area (Å²) < 4.78 is 8.00. The van der Waals surface area contributed by atoms with E-state index in [0.717, 1.165) is 17.7 Å². The van der Waals surface area contributed by atoms with Gasteiger partial charge in [-0.1, -0.05) is 50.6 Å². The molecule has 23 heavy (non-hydrogen) atoms. The van der Waals surface area contributed by atoms with Crippen molar-refractivity contribution < 1.29 is 4.74 Å². The minimum atomic E-state index is -0.0505. The van der Waals surface area contributed by atoms with Gasteiger partial charge < -0.3 is 9.30 Å². The second-order valence-electron chi connectivity index (χ2n) is 6.37. The molecule has 0 spiro atoms. The molecule has 0 fully saturated rings. The van der Waals surface area contributed by atoms with Crippen LogP contribution in [0.1, 0.15) is 50.9 Å². The summed E-state index contributed by atoms with van der Waals surface area (Å²) in [5.74, 6) is 1.13. The van der Waals surface area contributed by atoms with Gasteiger partial charge in [0.15, 0.2) is 5.75 Å². The zero-order valence-corrected chi connectivity index (χ0v) is 14.6. The summed E-state index contributed by atoms with van der Waals surface area (Å²) in [5, 5.41) is 0. The van der Waals surface area contributed by atoms with E-state index in [2.05, 4.69) is 25.3 Å². The monoisotopic (exact) mass is 313 g/mol. The van der Waals surface area contributed by atoms with Gasteiger partial charge in [0.25, 0.3) is 0 Å². The van der Waals surface area contributed by atoms with E-state index >= 15 is 0 Å². The summed E-state index contributed by atoms with van der Waals surface area (Å²) in [6, 6.07) is 11.9. The van der Waals surface area contributed by atoms with Gasteiger partial charge >= 0.3 is 0 Å². The first-order chi connectivity index (χ1) is 11.0. The van der Waals surface area contributed by atoms with Crippen LogP contribution in [0.25, 0.3) is 0 Å². The highest BCUT2D eigenvalue weighted by atomic mass is 16.5. The van der Waals surface area contributed by atoms with Crippen LogP contribution in [0.3, 0.4) is 0 Å². The molecular weight excluding hydrogens is 286 g/mol. The number of ether oxygens (including phenoxy) is 1. The summed E-state index contributed by atoms with van der Waals surface area (Å²) in [6.45, 7) is 9.06. The predicted molar refractivity (Wildman–Crippen MR) is 95.0 cm³/mol. The predicted octanol–water partition coefficient (Wildman–Crippen LogP) is 4.73. The Morgan fingerprint density at radius 3 is 2.48 bits per heavy atom.